The maximum atomic E-state index is 9.97. The number of rotatable bonds is 4. The van der Waals surface area contributed by atoms with Crippen LogP contribution in [0.2, 0.25) is 0 Å². The van der Waals surface area contributed by atoms with Crippen LogP contribution in [0.3, 0.4) is 0 Å². The van der Waals surface area contributed by atoms with Gasteiger partial charge >= 0.3 is 0 Å². The van der Waals surface area contributed by atoms with Crippen LogP contribution in [0.4, 0.5) is 0 Å². The summed E-state index contributed by atoms with van der Waals surface area (Å²) in [6.45, 7) is 3.05. The number of terminal acetylenes is 1. The van der Waals surface area contributed by atoms with Crippen LogP contribution in [0.15, 0.2) is 42.6 Å². The summed E-state index contributed by atoms with van der Waals surface area (Å²) in [4.78, 5) is 2.48. The number of phenols is 1. The van der Waals surface area contributed by atoms with Crippen molar-refractivity contribution >= 4 is 10.9 Å². The van der Waals surface area contributed by atoms with Crippen LogP contribution in [-0.4, -0.2) is 33.3 Å². The van der Waals surface area contributed by atoms with Crippen molar-refractivity contribution in [3.05, 3.63) is 59.3 Å². The van der Waals surface area contributed by atoms with Crippen molar-refractivity contribution in [3.63, 3.8) is 0 Å². The van der Waals surface area contributed by atoms with Gasteiger partial charge < -0.3 is 5.11 Å². The van der Waals surface area contributed by atoms with Crippen molar-refractivity contribution in [1.29, 1.82) is 0 Å². The Hall–Kier alpha value is -2.77. The minimum atomic E-state index is 0.201. The van der Waals surface area contributed by atoms with Gasteiger partial charge in [0, 0.05) is 18.5 Å². The summed E-state index contributed by atoms with van der Waals surface area (Å²) < 4.78 is 0. The van der Waals surface area contributed by atoms with E-state index in [1.54, 1.807) is 6.07 Å². The van der Waals surface area contributed by atoms with Gasteiger partial charge in [0.15, 0.2) is 0 Å². The highest BCUT2D eigenvalue weighted by Crippen LogP contribution is 2.25. The molecular weight excluding hydrogens is 322 g/mol. The van der Waals surface area contributed by atoms with Crippen LogP contribution in [0.25, 0.3) is 10.9 Å². The van der Waals surface area contributed by atoms with Gasteiger partial charge in [0.25, 0.3) is 0 Å². The second-order valence-electron chi connectivity index (χ2n) is 7.23. The fourth-order valence-corrected chi connectivity index (χ4v) is 3.97. The number of phenolic OH excluding ortho intramolecular Hbond substituents is 1. The molecule has 0 radical (unpaired) electrons. The zero-order chi connectivity index (χ0) is 17.9. The minimum Gasteiger partial charge on any atom is -0.507 e. The van der Waals surface area contributed by atoms with Gasteiger partial charge in [-0.15, -0.1) is 6.42 Å². The Bertz CT molecular complexity index is 953. The average molecular weight is 345 g/mol. The number of piperidine rings is 1. The molecule has 1 aliphatic heterocycles. The molecule has 132 valence electrons. The number of likely N-dealkylation sites (tertiary alicyclic amines) is 1. The maximum absolute atomic E-state index is 9.97. The van der Waals surface area contributed by atoms with Crippen LogP contribution in [-0.2, 0) is 13.0 Å². The van der Waals surface area contributed by atoms with E-state index in [0.29, 0.717) is 11.5 Å². The van der Waals surface area contributed by atoms with Gasteiger partial charge in [0.05, 0.1) is 17.3 Å². The van der Waals surface area contributed by atoms with E-state index in [-0.39, 0.29) is 5.75 Å². The summed E-state index contributed by atoms with van der Waals surface area (Å²) in [5.41, 5.74) is 4.14. The van der Waals surface area contributed by atoms with E-state index in [4.69, 9.17) is 6.42 Å². The largest absolute Gasteiger partial charge is 0.507 e. The molecule has 0 saturated carbocycles. The second kappa shape index (κ2) is 7.23. The average Bonchev–Trinajstić information content (AvgIpc) is 3.10. The molecule has 4 nitrogen and oxygen atoms in total. The number of aromatic nitrogens is 2. The smallest absolute Gasteiger partial charge is 0.131 e. The van der Waals surface area contributed by atoms with Crippen LogP contribution >= 0.6 is 0 Å². The third kappa shape index (κ3) is 3.58. The van der Waals surface area contributed by atoms with E-state index < -0.39 is 0 Å². The summed E-state index contributed by atoms with van der Waals surface area (Å²) in [6.07, 6.45) is 10.8. The predicted octanol–water partition coefficient (Wildman–Crippen LogP) is 3.70. The van der Waals surface area contributed by atoms with Gasteiger partial charge in [-0.25, -0.2) is 0 Å². The summed E-state index contributed by atoms with van der Waals surface area (Å²) in [6, 6.07) is 12.2. The Kier molecular flexibility index (Phi) is 4.64. The summed E-state index contributed by atoms with van der Waals surface area (Å²) >= 11 is 0. The molecule has 4 rings (SSSR count). The highest BCUT2D eigenvalue weighted by atomic mass is 16.3. The van der Waals surface area contributed by atoms with Crippen molar-refractivity contribution in [2.24, 2.45) is 5.92 Å². The Labute approximate surface area is 153 Å². The van der Waals surface area contributed by atoms with Crippen molar-refractivity contribution in [1.82, 2.24) is 15.1 Å². The molecule has 0 bridgehead atoms. The second-order valence-corrected chi connectivity index (χ2v) is 7.23. The van der Waals surface area contributed by atoms with E-state index >= 15 is 0 Å². The lowest BCUT2D eigenvalue weighted by molar-refractivity contribution is 0.167. The molecule has 26 heavy (non-hydrogen) atoms. The van der Waals surface area contributed by atoms with Crippen LogP contribution in [0.5, 0.6) is 5.75 Å². The molecule has 0 amide bonds. The monoisotopic (exact) mass is 345 g/mol. The summed E-state index contributed by atoms with van der Waals surface area (Å²) in [5.74, 6) is 3.36. The van der Waals surface area contributed by atoms with Crippen LogP contribution < -0.4 is 0 Å². The number of aromatic amines is 1. The highest BCUT2D eigenvalue weighted by molar-refractivity contribution is 5.78. The molecule has 0 spiro atoms. The van der Waals surface area contributed by atoms with Gasteiger partial charge in [0.1, 0.15) is 5.75 Å². The molecule has 2 heterocycles. The first-order valence-electron chi connectivity index (χ1n) is 9.14. The van der Waals surface area contributed by atoms with Crippen molar-refractivity contribution in [2.75, 3.05) is 13.1 Å². The molecule has 1 saturated heterocycles. The third-order valence-electron chi connectivity index (χ3n) is 5.26. The Morgan fingerprint density at radius 1 is 1.23 bits per heavy atom. The molecule has 4 heteroatoms. The number of hydrogen-bond acceptors (Lipinski definition) is 3. The molecule has 1 aliphatic rings. The number of H-pyrrole nitrogens is 1. The topological polar surface area (TPSA) is 52.2 Å². The maximum Gasteiger partial charge on any atom is 0.131 e. The quantitative estimate of drug-likeness (QED) is 0.709. The van der Waals surface area contributed by atoms with Gasteiger partial charge in [-0.2, -0.15) is 5.10 Å². The van der Waals surface area contributed by atoms with Gasteiger partial charge in [-0.1, -0.05) is 18.1 Å². The molecule has 1 atom stereocenters. The Morgan fingerprint density at radius 2 is 2.12 bits per heavy atom. The van der Waals surface area contributed by atoms with E-state index in [0.717, 1.165) is 37.1 Å². The van der Waals surface area contributed by atoms with Crippen molar-refractivity contribution < 1.29 is 5.11 Å². The zero-order valence-electron chi connectivity index (χ0n) is 14.8. The fraction of sp³-hybridized carbons (Fsp3) is 0.318. The molecular formula is C22H23N3O. The number of fused-ring (bicyclic) bond motifs is 1. The van der Waals surface area contributed by atoms with Crippen LogP contribution in [0, 0.1) is 18.3 Å². The first kappa shape index (κ1) is 16.7. The summed E-state index contributed by atoms with van der Waals surface area (Å²) in [7, 11) is 0. The van der Waals surface area contributed by atoms with E-state index in [2.05, 4.69) is 39.2 Å². The number of nitrogens with one attached hydrogen (secondary N) is 1. The first-order chi connectivity index (χ1) is 12.7. The van der Waals surface area contributed by atoms with Crippen molar-refractivity contribution in [2.45, 2.75) is 25.8 Å². The molecule has 0 aliphatic carbocycles. The molecule has 3 aromatic rings. The van der Waals surface area contributed by atoms with E-state index in [1.165, 1.54) is 23.8 Å². The SMILES string of the molecule is C#Cc1ccc(CN2CCCC(Cc3ccc4[nH]ncc4c3)C2)cc1O. The lowest BCUT2D eigenvalue weighted by Gasteiger charge is -2.33. The molecule has 2 N–H and O–H groups in total. The number of nitrogens with zero attached hydrogens (tertiary/aromatic N) is 2. The molecule has 1 aromatic heterocycles. The molecule has 1 fully saturated rings. The standard InChI is InChI=1S/C22H23N3O/c1-2-19-7-5-18(12-22(19)26)15-25-9-3-4-17(14-25)10-16-6-8-21-20(11-16)13-23-24-21/h1,5-8,11-13,17,26H,3-4,9-10,14-15H2,(H,23,24). The predicted molar refractivity (Wildman–Crippen MR) is 104 cm³/mol. The van der Waals surface area contributed by atoms with Crippen LogP contribution in [0.1, 0.15) is 29.5 Å². The Morgan fingerprint density at radius 3 is 2.96 bits per heavy atom. The molecule has 2 aromatic carbocycles. The van der Waals surface area contributed by atoms with Gasteiger partial charge in [0.2, 0.25) is 0 Å². The fourth-order valence-electron chi connectivity index (χ4n) is 3.97. The lowest BCUT2D eigenvalue weighted by Crippen LogP contribution is -2.35. The van der Waals surface area contributed by atoms with Gasteiger partial charge in [-0.05, 0) is 67.1 Å². The van der Waals surface area contributed by atoms with Gasteiger partial charge in [-0.3, -0.25) is 10.00 Å². The summed E-state index contributed by atoms with van der Waals surface area (Å²) in [5, 5.41) is 18.3. The number of benzene rings is 2. The van der Waals surface area contributed by atoms with Crippen molar-refractivity contribution in [3.8, 4) is 18.1 Å². The van der Waals surface area contributed by atoms with E-state index in [1.807, 2.05) is 18.3 Å². The molecule has 1 unspecified atom stereocenters. The Balaban J connectivity index is 1.40. The normalized spacial score (nSPS) is 18.0. The minimum absolute atomic E-state index is 0.201. The number of aromatic hydroxyl groups is 1. The van der Waals surface area contributed by atoms with E-state index in [9.17, 15) is 5.11 Å². The first-order valence-corrected chi connectivity index (χ1v) is 9.14. The number of hydrogen-bond donors (Lipinski definition) is 2. The zero-order valence-corrected chi connectivity index (χ0v) is 14.8. The lowest BCUT2D eigenvalue weighted by atomic mass is 9.90. The third-order valence-corrected chi connectivity index (χ3v) is 5.26. The highest BCUT2D eigenvalue weighted by Gasteiger charge is 2.20.